The summed E-state index contributed by atoms with van der Waals surface area (Å²) >= 11 is 0. The van der Waals surface area contributed by atoms with Gasteiger partial charge in [-0.1, -0.05) is 18.9 Å². The molecule has 1 aliphatic heterocycles. The first-order valence-corrected chi connectivity index (χ1v) is 9.10. The maximum Gasteiger partial charge on any atom is 0.119 e. The third kappa shape index (κ3) is 5.34. The molecule has 3 heteroatoms. The fraction of sp³-hybridized carbons (Fsp3) is 0.409. The van der Waals surface area contributed by atoms with E-state index in [1.165, 1.54) is 25.9 Å². The second kappa shape index (κ2) is 8.69. The van der Waals surface area contributed by atoms with Crippen LogP contribution < -0.4 is 4.74 Å². The van der Waals surface area contributed by atoms with Gasteiger partial charge in [0.05, 0.1) is 0 Å². The third-order valence-corrected chi connectivity index (χ3v) is 4.79. The van der Waals surface area contributed by atoms with Gasteiger partial charge in [0.1, 0.15) is 18.1 Å². The van der Waals surface area contributed by atoms with Crippen LogP contribution >= 0.6 is 0 Å². The normalized spacial score (nSPS) is 16.7. The molecule has 1 atom stereocenters. The SMILES string of the molecule is CC1CCN(C(C)COc2ccc(C#Cc3ccccn3)cc2)CC1. The van der Waals surface area contributed by atoms with E-state index in [1.54, 1.807) is 6.20 Å². The minimum absolute atomic E-state index is 0.455. The highest BCUT2D eigenvalue weighted by Crippen LogP contribution is 2.19. The van der Waals surface area contributed by atoms with Crippen molar-refractivity contribution in [1.29, 1.82) is 0 Å². The zero-order chi connectivity index (χ0) is 17.5. The van der Waals surface area contributed by atoms with Gasteiger partial charge in [-0.2, -0.15) is 0 Å². The molecule has 0 amide bonds. The molecule has 0 N–H and O–H groups in total. The van der Waals surface area contributed by atoms with E-state index in [4.69, 9.17) is 4.74 Å². The average molecular weight is 334 g/mol. The second-order valence-electron chi connectivity index (χ2n) is 6.87. The first-order valence-electron chi connectivity index (χ1n) is 9.10. The van der Waals surface area contributed by atoms with E-state index in [0.29, 0.717) is 6.04 Å². The zero-order valence-electron chi connectivity index (χ0n) is 15.1. The minimum atomic E-state index is 0.455. The van der Waals surface area contributed by atoms with E-state index >= 15 is 0 Å². The van der Waals surface area contributed by atoms with Crippen LogP contribution in [0.2, 0.25) is 0 Å². The van der Waals surface area contributed by atoms with Crippen molar-refractivity contribution < 1.29 is 4.74 Å². The van der Waals surface area contributed by atoms with Gasteiger partial charge >= 0.3 is 0 Å². The van der Waals surface area contributed by atoms with Crippen molar-refractivity contribution in [2.45, 2.75) is 32.7 Å². The molecule has 1 saturated heterocycles. The number of hydrogen-bond donors (Lipinski definition) is 0. The number of rotatable bonds is 4. The van der Waals surface area contributed by atoms with E-state index in [2.05, 4.69) is 35.6 Å². The topological polar surface area (TPSA) is 25.4 Å². The van der Waals surface area contributed by atoms with Gasteiger partial charge in [-0.05, 0) is 81.1 Å². The molecule has 2 heterocycles. The maximum atomic E-state index is 5.96. The maximum absolute atomic E-state index is 5.96. The number of benzene rings is 1. The summed E-state index contributed by atoms with van der Waals surface area (Å²) in [4.78, 5) is 6.74. The molecule has 1 aromatic heterocycles. The molecule has 1 unspecified atom stereocenters. The average Bonchev–Trinajstić information content (AvgIpc) is 2.67. The van der Waals surface area contributed by atoms with Gasteiger partial charge in [0.25, 0.3) is 0 Å². The first kappa shape index (κ1) is 17.5. The fourth-order valence-corrected chi connectivity index (χ4v) is 3.00. The summed E-state index contributed by atoms with van der Waals surface area (Å²) in [6.07, 6.45) is 4.35. The fourth-order valence-electron chi connectivity index (χ4n) is 3.00. The molecule has 0 saturated carbocycles. The van der Waals surface area contributed by atoms with E-state index in [0.717, 1.165) is 29.5 Å². The third-order valence-electron chi connectivity index (χ3n) is 4.79. The van der Waals surface area contributed by atoms with Crippen molar-refractivity contribution in [3.05, 3.63) is 59.9 Å². The largest absolute Gasteiger partial charge is 0.492 e. The van der Waals surface area contributed by atoms with Gasteiger partial charge in [-0.3, -0.25) is 4.90 Å². The Kier molecular flexibility index (Phi) is 6.09. The summed E-state index contributed by atoms with van der Waals surface area (Å²) in [6, 6.07) is 14.2. The van der Waals surface area contributed by atoms with Crippen LogP contribution in [0.4, 0.5) is 0 Å². The molecule has 0 radical (unpaired) electrons. The van der Waals surface area contributed by atoms with E-state index in [1.807, 2.05) is 42.5 Å². The smallest absolute Gasteiger partial charge is 0.119 e. The van der Waals surface area contributed by atoms with Crippen LogP contribution in [0, 0.1) is 17.8 Å². The van der Waals surface area contributed by atoms with Gasteiger partial charge in [-0.25, -0.2) is 4.98 Å². The molecular formula is C22H26N2O. The quantitative estimate of drug-likeness (QED) is 0.791. The lowest BCUT2D eigenvalue weighted by Crippen LogP contribution is -2.42. The lowest BCUT2D eigenvalue weighted by atomic mass is 9.98. The molecule has 1 aromatic carbocycles. The van der Waals surface area contributed by atoms with Gasteiger partial charge < -0.3 is 4.74 Å². The zero-order valence-corrected chi connectivity index (χ0v) is 15.1. The Hall–Kier alpha value is -2.31. The van der Waals surface area contributed by atoms with Crippen LogP contribution in [0.15, 0.2) is 48.7 Å². The monoisotopic (exact) mass is 334 g/mol. The van der Waals surface area contributed by atoms with Crippen LogP contribution in [-0.4, -0.2) is 35.6 Å². The number of ether oxygens (including phenoxy) is 1. The highest BCUT2D eigenvalue weighted by Gasteiger charge is 2.20. The molecule has 2 aromatic rings. The molecule has 0 bridgehead atoms. The highest BCUT2D eigenvalue weighted by molar-refractivity contribution is 5.42. The number of pyridine rings is 1. The summed E-state index contributed by atoms with van der Waals surface area (Å²) in [7, 11) is 0. The first-order chi connectivity index (χ1) is 12.2. The van der Waals surface area contributed by atoms with Crippen molar-refractivity contribution >= 4 is 0 Å². The highest BCUT2D eigenvalue weighted by atomic mass is 16.5. The van der Waals surface area contributed by atoms with Crippen LogP contribution in [0.5, 0.6) is 5.75 Å². The van der Waals surface area contributed by atoms with Crippen molar-refractivity contribution in [2.75, 3.05) is 19.7 Å². The Morgan fingerprint density at radius 3 is 2.56 bits per heavy atom. The molecule has 130 valence electrons. The summed E-state index contributed by atoms with van der Waals surface area (Å²) in [6.45, 7) is 7.70. The Balaban J connectivity index is 1.50. The lowest BCUT2D eigenvalue weighted by molar-refractivity contribution is 0.108. The van der Waals surface area contributed by atoms with Crippen molar-refractivity contribution in [2.24, 2.45) is 5.92 Å². The standard InChI is InChI=1S/C22H26N2O/c1-18-12-15-24(16-13-18)19(2)17-25-22-10-7-20(8-11-22)6-9-21-5-3-4-14-23-21/h3-5,7-8,10-11,14,18-19H,12-13,15-17H2,1-2H3. The second-order valence-corrected chi connectivity index (χ2v) is 6.87. The summed E-state index contributed by atoms with van der Waals surface area (Å²) in [5.41, 5.74) is 1.75. The van der Waals surface area contributed by atoms with Gasteiger partial charge in [0.15, 0.2) is 0 Å². The Morgan fingerprint density at radius 2 is 1.88 bits per heavy atom. The summed E-state index contributed by atoms with van der Waals surface area (Å²) < 4.78 is 5.96. The molecule has 25 heavy (non-hydrogen) atoms. The summed E-state index contributed by atoms with van der Waals surface area (Å²) in [5, 5.41) is 0. The molecular weight excluding hydrogens is 308 g/mol. The van der Waals surface area contributed by atoms with Crippen LogP contribution in [0.1, 0.15) is 37.9 Å². The number of nitrogens with zero attached hydrogens (tertiary/aromatic N) is 2. The Bertz CT molecular complexity index is 707. The Morgan fingerprint density at radius 1 is 1.12 bits per heavy atom. The van der Waals surface area contributed by atoms with Gasteiger partial charge in [0.2, 0.25) is 0 Å². The molecule has 0 spiro atoms. The number of aromatic nitrogens is 1. The molecule has 3 rings (SSSR count). The molecule has 3 nitrogen and oxygen atoms in total. The van der Waals surface area contributed by atoms with Gasteiger partial charge in [0, 0.05) is 17.8 Å². The van der Waals surface area contributed by atoms with Crippen LogP contribution in [0.25, 0.3) is 0 Å². The molecule has 0 aliphatic carbocycles. The van der Waals surface area contributed by atoms with E-state index in [-0.39, 0.29) is 0 Å². The van der Waals surface area contributed by atoms with Crippen molar-refractivity contribution in [3.63, 3.8) is 0 Å². The predicted molar refractivity (Wildman–Crippen MR) is 102 cm³/mol. The predicted octanol–water partition coefficient (Wildman–Crippen LogP) is 3.98. The lowest BCUT2D eigenvalue weighted by Gasteiger charge is -2.34. The number of hydrogen-bond acceptors (Lipinski definition) is 3. The number of likely N-dealkylation sites (tertiary alicyclic amines) is 1. The minimum Gasteiger partial charge on any atom is -0.492 e. The van der Waals surface area contributed by atoms with Crippen LogP contribution in [-0.2, 0) is 0 Å². The van der Waals surface area contributed by atoms with Crippen LogP contribution in [0.3, 0.4) is 0 Å². The molecule has 1 aliphatic rings. The van der Waals surface area contributed by atoms with Gasteiger partial charge in [-0.15, -0.1) is 0 Å². The summed E-state index contributed by atoms with van der Waals surface area (Å²) in [5.74, 6) is 7.97. The number of piperidine rings is 1. The van der Waals surface area contributed by atoms with E-state index < -0.39 is 0 Å². The van der Waals surface area contributed by atoms with Crippen molar-refractivity contribution in [1.82, 2.24) is 9.88 Å². The molecule has 1 fully saturated rings. The van der Waals surface area contributed by atoms with Crippen molar-refractivity contribution in [3.8, 4) is 17.6 Å². The van der Waals surface area contributed by atoms with E-state index in [9.17, 15) is 0 Å². The Labute approximate surface area is 151 Å².